The SMILES string of the molecule is CC(CN)N1CCN(c2ccncc2Cl)CC1. The number of nitrogens with two attached hydrogens (primary N) is 1. The van der Waals surface area contributed by atoms with Gasteiger partial charge < -0.3 is 10.6 Å². The van der Waals surface area contributed by atoms with Crippen LogP contribution in [0.3, 0.4) is 0 Å². The third kappa shape index (κ3) is 2.89. The van der Waals surface area contributed by atoms with Gasteiger partial charge in [0, 0.05) is 51.2 Å². The van der Waals surface area contributed by atoms with Crippen molar-refractivity contribution in [1.29, 1.82) is 0 Å². The zero-order valence-electron chi connectivity index (χ0n) is 10.1. The number of hydrogen-bond donors (Lipinski definition) is 1. The molecule has 0 bridgehead atoms. The van der Waals surface area contributed by atoms with Gasteiger partial charge in [0.15, 0.2) is 0 Å². The average Bonchev–Trinajstić information content (AvgIpc) is 2.39. The smallest absolute Gasteiger partial charge is 0.0822 e. The summed E-state index contributed by atoms with van der Waals surface area (Å²) in [7, 11) is 0. The Morgan fingerprint density at radius 3 is 2.71 bits per heavy atom. The number of piperazine rings is 1. The van der Waals surface area contributed by atoms with E-state index < -0.39 is 0 Å². The third-order valence-corrected chi connectivity index (χ3v) is 3.66. The predicted octanol–water partition coefficient (Wildman–Crippen LogP) is 1.20. The Balaban J connectivity index is 1.98. The monoisotopic (exact) mass is 254 g/mol. The number of hydrogen-bond acceptors (Lipinski definition) is 4. The predicted molar refractivity (Wildman–Crippen MR) is 71.5 cm³/mol. The normalized spacial score (nSPS) is 19.4. The molecule has 94 valence electrons. The molecule has 1 fully saturated rings. The summed E-state index contributed by atoms with van der Waals surface area (Å²) in [6.45, 7) is 6.96. The van der Waals surface area contributed by atoms with Crippen molar-refractivity contribution in [1.82, 2.24) is 9.88 Å². The molecule has 1 aliphatic heterocycles. The van der Waals surface area contributed by atoms with E-state index in [9.17, 15) is 0 Å². The van der Waals surface area contributed by atoms with E-state index in [1.165, 1.54) is 0 Å². The lowest BCUT2D eigenvalue weighted by Crippen LogP contribution is -2.51. The molecule has 2 rings (SSSR count). The first-order chi connectivity index (χ1) is 8.22. The highest BCUT2D eigenvalue weighted by Gasteiger charge is 2.21. The summed E-state index contributed by atoms with van der Waals surface area (Å²) in [5, 5.41) is 0.729. The van der Waals surface area contributed by atoms with Gasteiger partial charge in [-0.05, 0) is 13.0 Å². The topological polar surface area (TPSA) is 45.4 Å². The summed E-state index contributed by atoms with van der Waals surface area (Å²) in [4.78, 5) is 8.74. The lowest BCUT2D eigenvalue weighted by Gasteiger charge is -2.39. The number of halogens is 1. The molecule has 0 saturated carbocycles. The molecule has 0 amide bonds. The number of rotatable bonds is 3. The molecule has 1 aliphatic rings. The Hall–Kier alpha value is -0.840. The van der Waals surface area contributed by atoms with Crippen LogP contribution in [-0.2, 0) is 0 Å². The summed E-state index contributed by atoms with van der Waals surface area (Å²) in [6, 6.07) is 2.44. The molecule has 0 aliphatic carbocycles. The highest BCUT2D eigenvalue weighted by atomic mass is 35.5. The van der Waals surface area contributed by atoms with E-state index >= 15 is 0 Å². The van der Waals surface area contributed by atoms with Gasteiger partial charge in [0.05, 0.1) is 10.7 Å². The number of pyridine rings is 1. The number of anilines is 1. The molecular weight excluding hydrogens is 236 g/mol. The van der Waals surface area contributed by atoms with Crippen molar-refractivity contribution in [3.63, 3.8) is 0 Å². The van der Waals surface area contributed by atoms with Gasteiger partial charge >= 0.3 is 0 Å². The molecule has 0 aromatic carbocycles. The van der Waals surface area contributed by atoms with E-state index in [0.717, 1.165) is 43.4 Å². The van der Waals surface area contributed by atoms with Crippen LogP contribution in [0.15, 0.2) is 18.5 Å². The van der Waals surface area contributed by atoms with E-state index in [4.69, 9.17) is 17.3 Å². The second-order valence-electron chi connectivity index (χ2n) is 4.43. The fourth-order valence-corrected chi connectivity index (χ4v) is 2.42. The lowest BCUT2D eigenvalue weighted by molar-refractivity contribution is 0.201. The van der Waals surface area contributed by atoms with Crippen LogP contribution in [0.5, 0.6) is 0 Å². The van der Waals surface area contributed by atoms with Crippen molar-refractivity contribution < 1.29 is 0 Å². The Morgan fingerprint density at radius 2 is 2.12 bits per heavy atom. The molecule has 2 heterocycles. The van der Waals surface area contributed by atoms with E-state index in [-0.39, 0.29) is 0 Å². The van der Waals surface area contributed by atoms with Gasteiger partial charge in [0.1, 0.15) is 0 Å². The van der Waals surface area contributed by atoms with Gasteiger partial charge in [0.2, 0.25) is 0 Å². The van der Waals surface area contributed by atoms with Crippen molar-refractivity contribution >= 4 is 17.3 Å². The zero-order chi connectivity index (χ0) is 12.3. The van der Waals surface area contributed by atoms with Gasteiger partial charge in [-0.1, -0.05) is 11.6 Å². The maximum absolute atomic E-state index is 6.15. The molecule has 1 aromatic heterocycles. The fraction of sp³-hybridized carbons (Fsp3) is 0.583. The highest BCUT2D eigenvalue weighted by molar-refractivity contribution is 6.33. The number of nitrogens with zero attached hydrogens (tertiary/aromatic N) is 3. The molecule has 1 aromatic rings. The molecule has 0 spiro atoms. The minimum Gasteiger partial charge on any atom is -0.368 e. The molecule has 0 radical (unpaired) electrons. The zero-order valence-corrected chi connectivity index (χ0v) is 10.9. The van der Waals surface area contributed by atoms with Crippen molar-refractivity contribution in [3.05, 3.63) is 23.5 Å². The summed E-state index contributed by atoms with van der Waals surface area (Å²) < 4.78 is 0. The van der Waals surface area contributed by atoms with Crippen LogP contribution >= 0.6 is 11.6 Å². The summed E-state index contributed by atoms with van der Waals surface area (Å²) in [5.74, 6) is 0. The highest BCUT2D eigenvalue weighted by Crippen LogP contribution is 2.25. The Bertz CT molecular complexity index is 363. The van der Waals surface area contributed by atoms with Crippen molar-refractivity contribution in [2.75, 3.05) is 37.6 Å². The van der Waals surface area contributed by atoms with E-state index in [1.807, 2.05) is 6.07 Å². The van der Waals surface area contributed by atoms with Gasteiger partial charge in [-0.2, -0.15) is 0 Å². The second kappa shape index (κ2) is 5.67. The van der Waals surface area contributed by atoms with E-state index in [1.54, 1.807) is 12.4 Å². The van der Waals surface area contributed by atoms with Crippen molar-refractivity contribution in [2.24, 2.45) is 5.73 Å². The van der Waals surface area contributed by atoms with Gasteiger partial charge in [0.25, 0.3) is 0 Å². The van der Waals surface area contributed by atoms with Crippen LogP contribution in [0.1, 0.15) is 6.92 Å². The summed E-state index contributed by atoms with van der Waals surface area (Å²) in [5.41, 5.74) is 6.77. The Labute approximate surface area is 107 Å². The molecule has 1 saturated heterocycles. The first kappa shape index (κ1) is 12.6. The third-order valence-electron chi connectivity index (χ3n) is 3.37. The summed E-state index contributed by atoms with van der Waals surface area (Å²) in [6.07, 6.45) is 3.49. The second-order valence-corrected chi connectivity index (χ2v) is 4.84. The quantitative estimate of drug-likeness (QED) is 0.881. The Morgan fingerprint density at radius 1 is 1.41 bits per heavy atom. The standard InChI is InChI=1S/C12H19ClN4/c1-10(8-14)16-4-6-17(7-5-16)12-2-3-15-9-11(12)13/h2-3,9-10H,4-8,14H2,1H3. The molecule has 4 nitrogen and oxygen atoms in total. The minimum atomic E-state index is 0.463. The van der Waals surface area contributed by atoms with Gasteiger partial charge in [-0.3, -0.25) is 9.88 Å². The fourth-order valence-electron chi connectivity index (χ4n) is 2.18. The largest absolute Gasteiger partial charge is 0.368 e. The average molecular weight is 255 g/mol. The van der Waals surface area contributed by atoms with Crippen LogP contribution in [0.25, 0.3) is 0 Å². The van der Waals surface area contributed by atoms with Crippen molar-refractivity contribution in [3.8, 4) is 0 Å². The summed E-state index contributed by atoms with van der Waals surface area (Å²) >= 11 is 6.15. The molecule has 2 N–H and O–H groups in total. The van der Waals surface area contributed by atoms with Gasteiger partial charge in [-0.25, -0.2) is 0 Å². The molecule has 5 heteroatoms. The molecular formula is C12H19ClN4. The number of aromatic nitrogens is 1. The molecule has 1 atom stereocenters. The van der Waals surface area contributed by atoms with Crippen LogP contribution in [-0.4, -0.2) is 48.6 Å². The first-order valence-electron chi connectivity index (χ1n) is 6.01. The van der Waals surface area contributed by atoms with Gasteiger partial charge in [-0.15, -0.1) is 0 Å². The van der Waals surface area contributed by atoms with Crippen LogP contribution in [0.4, 0.5) is 5.69 Å². The maximum Gasteiger partial charge on any atom is 0.0822 e. The van der Waals surface area contributed by atoms with Crippen molar-refractivity contribution in [2.45, 2.75) is 13.0 Å². The minimum absolute atomic E-state index is 0.463. The van der Waals surface area contributed by atoms with E-state index in [2.05, 4.69) is 21.7 Å². The van der Waals surface area contributed by atoms with Crippen LogP contribution in [0, 0.1) is 0 Å². The van der Waals surface area contributed by atoms with Crippen LogP contribution < -0.4 is 10.6 Å². The Kier molecular flexibility index (Phi) is 4.20. The maximum atomic E-state index is 6.15. The van der Waals surface area contributed by atoms with E-state index in [0.29, 0.717) is 6.04 Å². The van der Waals surface area contributed by atoms with Crippen LogP contribution in [0.2, 0.25) is 5.02 Å². The molecule has 1 unspecified atom stereocenters. The first-order valence-corrected chi connectivity index (χ1v) is 6.38. The molecule has 17 heavy (non-hydrogen) atoms. The lowest BCUT2D eigenvalue weighted by atomic mass is 10.2.